The van der Waals surface area contributed by atoms with Gasteiger partial charge in [-0.1, -0.05) is 18.2 Å². The average molecular weight is 493 g/mol. The number of rotatable bonds is 14. The SMILES string of the molecule is NCCCCC(NC(=O)C(N)CS)C(=O)NCC(=O)NC(Cc1c[nH]c2ccccc12)C(=O)O. The summed E-state index contributed by atoms with van der Waals surface area (Å²) in [5.41, 5.74) is 12.7. The third-order valence-corrected chi connectivity index (χ3v) is 5.66. The number of carbonyl (C=O) groups excluding carboxylic acids is 3. The van der Waals surface area contributed by atoms with Crippen molar-refractivity contribution in [2.45, 2.75) is 43.8 Å². The van der Waals surface area contributed by atoms with Crippen LogP contribution in [0.4, 0.5) is 0 Å². The second-order valence-electron chi connectivity index (χ2n) is 7.87. The van der Waals surface area contributed by atoms with Crippen molar-refractivity contribution in [3.05, 3.63) is 36.0 Å². The van der Waals surface area contributed by atoms with Gasteiger partial charge in [-0.05, 0) is 37.4 Å². The smallest absolute Gasteiger partial charge is 0.326 e. The summed E-state index contributed by atoms with van der Waals surface area (Å²) in [6.45, 7) is -0.00771. The molecule has 1 aromatic carbocycles. The van der Waals surface area contributed by atoms with Crippen molar-refractivity contribution in [3.8, 4) is 0 Å². The molecular formula is C22H32N6O5S. The van der Waals surface area contributed by atoms with Gasteiger partial charge >= 0.3 is 5.97 Å². The Labute approximate surface area is 202 Å². The van der Waals surface area contributed by atoms with Crippen molar-refractivity contribution in [2.75, 3.05) is 18.8 Å². The fourth-order valence-electron chi connectivity index (χ4n) is 3.38. The fraction of sp³-hybridized carbons (Fsp3) is 0.455. The first-order chi connectivity index (χ1) is 16.3. The number of aliphatic carboxylic acids is 1. The maximum absolute atomic E-state index is 12.6. The Bertz CT molecular complexity index is 997. The van der Waals surface area contributed by atoms with Crippen LogP contribution in [-0.2, 0) is 25.6 Å². The Hall–Kier alpha value is -3.09. The van der Waals surface area contributed by atoms with E-state index >= 15 is 0 Å². The van der Waals surface area contributed by atoms with Crippen LogP contribution < -0.4 is 27.4 Å². The molecule has 0 saturated heterocycles. The highest BCUT2D eigenvalue weighted by molar-refractivity contribution is 7.80. The molecule has 3 atom stereocenters. The number of nitrogens with two attached hydrogens (primary N) is 2. The molecule has 0 aliphatic carbocycles. The van der Waals surface area contributed by atoms with Crippen molar-refractivity contribution < 1.29 is 24.3 Å². The fourth-order valence-corrected chi connectivity index (χ4v) is 3.55. The Morgan fingerprint density at radius 3 is 2.47 bits per heavy atom. The summed E-state index contributed by atoms with van der Waals surface area (Å²) in [5, 5.41) is 17.9. The van der Waals surface area contributed by atoms with E-state index in [0.717, 1.165) is 16.5 Å². The summed E-state index contributed by atoms with van der Waals surface area (Å²) in [6.07, 6.45) is 3.33. The van der Waals surface area contributed by atoms with Gasteiger partial charge in [0, 0.05) is 29.3 Å². The van der Waals surface area contributed by atoms with Gasteiger partial charge in [-0.3, -0.25) is 14.4 Å². The van der Waals surface area contributed by atoms with E-state index in [-0.39, 0.29) is 12.2 Å². The topological polar surface area (TPSA) is 192 Å². The highest BCUT2D eigenvalue weighted by Gasteiger charge is 2.25. The Morgan fingerprint density at radius 2 is 1.79 bits per heavy atom. The van der Waals surface area contributed by atoms with Gasteiger partial charge in [0.1, 0.15) is 12.1 Å². The first-order valence-corrected chi connectivity index (χ1v) is 11.6. The summed E-state index contributed by atoms with van der Waals surface area (Å²) in [4.78, 5) is 51.8. The predicted molar refractivity (Wildman–Crippen MR) is 131 cm³/mol. The highest BCUT2D eigenvalue weighted by atomic mass is 32.1. The quantitative estimate of drug-likeness (QED) is 0.126. The lowest BCUT2D eigenvalue weighted by molar-refractivity contribution is -0.141. The summed E-state index contributed by atoms with van der Waals surface area (Å²) in [5.74, 6) is -2.86. The molecule has 0 saturated carbocycles. The van der Waals surface area contributed by atoms with Crippen LogP contribution in [0.5, 0.6) is 0 Å². The lowest BCUT2D eigenvalue weighted by Gasteiger charge is -2.20. The summed E-state index contributed by atoms with van der Waals surface area (Å²) < 4.78 is 0. The van der Waals surface area contributed by atoms with Gasteiger partial charge in [-0.2, -0.15) is 12.6 Å². The van der Waals surface area contributed by atoms with Crippen molar-refractivity contribution in [2.24, 2.45) is 11.5 Å². The number of hydrogen-bond acceptors (Lipinski definition) is 7. The number of unbranched alkanes of at least 4 members (excludes halogenated alkanes) is 1. The molecule has 34 heavy (non-hydrogen) atoms. The van der Waals surface area contributed by atoms with E-state index in [9.17, 15) is 24.3 Å². The first kappa shape index (κ1) is 27.2. The molecule has 1 heterocycles. The number of fused-ring (bicyclic) bond motifs is 1. The van der Waals surface area contributed by atoms with Crippen LogP contribution in [0.3, 0.4) is 0 Å². The predicted octanol–water partition coefficient (Wildman–Crippen LogP) is -0.733. The number of aromatic nitrogens is 1. The highest BCUT2D eigenvalue weighted by Crippen LogP contribution is 2.19. The van der Waals surface area contributed by atoms with Crippen molar-refractivity contribution in [1.82, 2.24) is 20.9 Å². The second-order valence-corrected chi connectivity index (χ2v) is 8.24. The number of benzene rings is 1. The molecule has 0 fully saturated rings. The van der Waals surface area contributed by atoms with Gasteiger partial charge in [0.25, 0.3) is 0 Å². The van der Waals surface area contributed by atoms with Crippen LogP contribution in [0.15, 0.2) is 30.5 Å². The number of H-pyrrole nitrogens is 1. The van der Waals surface area contributed by atoms with Crippen LogP contribution >= 0.6 is 12.6 Å². The zero-order valence-corrected chi connectivity index (χ0v) is 19.6. The van der Waals surface area contributed by atoms with E-state index in [1.54, 1.807) is 6.20 Å². The minimum atomic E-state index is -1.20. The number of amides is 3. The number of thiol groups is 1. The van der Waals surface area contributed by atoms with Crippen LogP contribution in [0, 0.1) is 0 Å². The normalized spacial score (nSPS) is 13.6. The van der Waals surface area contributed by atoms with Gasteiger partial charge in [-0.15, -0.1) is 0 Å². The second kappa shape index (κ2) is 13.6. The number of hydrogen-bond donors (Lipinski definition) is 8. The molecule has 0 aliphatic heterocycles. The zero-order valence-electron chi connectivity index (χ0n) is 18.8. The molecule has 9 N–H and O–H groups in total. The van der Waals surface area contributed by atoms with Crippen molar-refractivity contribution in [3.63, 3.8) is 0 Å². The third-order valence-electron chi connectivity index (χ3n) is 5.27. The van der Waals surface area contributed by atoms with Crippen LogP contribution in [0.1, 0.15) is 24.8 Å². The molecule has 2 rings (SSSR count). The molecule has 3 amide bonds. The molecule has 1 aromatic heterocycles. The van der Waals surface area contributed by atoms with Crippen molar-refractivity contribution >= 4 is 47.2 Å². The lowest BCUT2D eigenvalue weighted by Crippen LogP contribution is -2.54. The summed E-state index contributed by atoms with van der Waals surface area (Å²) in [7, 11) is 0. The molecule has 0 aliphatic rings. The number of aromatic amines is 1. The standard InChI is InChI=1S/C22H32N6O5S/c23-8-4-3-7-17(28-20(30)15(24)12-34)21(31)26-11-19(29)27-18(22(32)33)9-13-10-25-16-6-2-1-5-14(13)16/h1-2,5-6,10,15,17-18,25,34H,3-4,7-9,11-12,23-24H2,(H,26,31)(H,27,29)(H,28,30)(H,32,33). The number of carboxylic acid groups (broad SMARTS) is 1. The molecule has 0 spiro atoms. The third kappa shape index (κ3) is 8.04. The Kier molecular flexibility index (Phi) is 10.8. The van der Waals surface area contributed by atoms with E-state index < -0.39 is 48.4 Å². The number of carbonyl (C=O) groups is 4. The molecule has 12 heteroatoms. The number of para-hydroxylation sites is 1. The molecule has 186 valence electrons. The molecular weight excluding hydrogens is 460 g/mol. The van der Waals surface area contributed by atoms with Gasteiger partial charge in [0.05, 0.1) is 12.6 Å². The van der Waals surface area contributed by atoms with E-state index in [2.05, 4.69) is 33.6 Å². The molecule has 0 radical (unpaired) electrons. The minimum Gasteiger partial charge on any atom is -0.480 e. The lowest BCUT2D eigenvalue weighted by atomic mass is 10.0. The minimum absolute atomic E-state index is 0.0679. The number of carboxylic acids is 1. The summed E-state index contributed by atoms with van der Waals surface area (Å²) >= 11 is 3.98. The van der Waals surface area contributed by atoms with E-state index in [4.69, 9.17) is 11.5 Å². The zero-order chi connectivity index (χ0) is 25.1. The van der Waals surface area contributed by atoms with Gasteiger partial charge < -0.3 is 37.5 Å². The number of nitrogens with one attached hydrogen (secondary N) is 4. The van der Waals surface area contributed by atoms with Gasteiger partial charge in [0.2, 0.25) is 17.7 Å². The van der Waals surface area contributed by atoms with E-state index in [1.165, 1.54) is 0 Å². The average Bonchev–Trinajstić information content (AvgIpc) is 3.23. The van der Waals surface area contributed by atoms with Crippen LogP contribution in [0.25, 0.3) is 10.9 Å². The largest absolute Gasteiger partial charge is 0.480 e. The molecule has 3 unspecified atom stereocenters. The molecule has 2 aromatic rings. The first-order valence-electron chi connectivity index (χ1n) is 11.0. The van der Waals surface area contributed by atoms with Crippen LogP contribution in [0.2, 0.25) is 0 Å². The van der Waals surface area contributed by atoms with Gasteiger partial charge in [0.15, 0.2) is 0 Å². The maximum Gasteiger partial charge on any atom is 0.326 e. The van der Waals surface area contributed by atoms with E-state index in [0.29, 0.717) is 25.8 Å². The van der Waals surface area contributed by atoms with E-state index in [1.807, 2.05) is 24.3 Å². The molecule has 0 bridgehead atoms. The Balaban J connectivity index is 1.95. The maximum atomic E-state index is 12.6. The Morgan fingerprint density at radius 1 is 1.06 bits per heavy atom. The summed E-state index contributed by atoms with van der Waals surface area (Å²) in [6, 6.07) is 4.47. The van der Waals surface area contributed by atoms with Crippen molar-refractivity contribution in [1.29, 1.82) is 0 Å². The monoisotopic (exact) mass is 492 g/mol. The van der Waals surface area contributed by atoms with Gasteiger partial charge in [-0.25, -0.2) is 4.79 Å². The molecule has 11 nitrogen and oxygen atoms in total. The van der Waals surface area contributed by atoms with Crippen LogP contribution in [-0.4, -0.2) is 70.7 Å².